The zero-order valence-corrected chi connectivity index (χ0v) is 12.6. The number of carbonyl (C=O) groups is 1. The van der Waals surface area contributed by atoms with Crippen LogP contribution in [-0.4, -0.2) is 24.7 Å². The minimum atomic E-state index is -0.372. The van der Waals surface area contributed by atoms with Crippen LogP contribution in [0.25, 0.3) is 0 Å². The van der Waals surface area contributed by atoms with E-state index >= 15 is 0 Å². The molecule has 0 aliphatic carbocycles. The average molecular weight is 342 g/mol. The van der Waals surface area contributed by atoms with Crippen molar-refractivity contribution >= 4 is 33.2 Å². The zero-order valence-electron chi connectivity index (χ0n) is 11.0. The Morgan fingerprint density at radius 2 is 2.20 bits per heavy atom. The fourth-order valence-corrected chi connectivity index (χ4v) is 2.61. The van der Waals surface area contributed by atoms with E-state index in [1.165, 1.54) is 18.2 Å². The van der Waals surface area contributed by atoms with E-state index in [2.05, 4.69) is 26.2 Å². The van der Waals surface area contributed by atoms with Crippen molar-refractivity contribution < 1.29 is 9.18 Å². The Morgan fingerprint density at radius 3 is 2.95 bits per heavy atom. The second kappa shape index (κ2) is 6.95. The summed E-state index contributed by atoms with van der Waals surface area (Å²) in [6.45, 7) is 1.76. The Balaban J connectivity index is 2.12. The Kier molecular flexibility index (Phi) is 5.25. The van der Waals surface area contributed by atoms with E-state index in [-0.39, 0.29) is 23.4 Å². The first-order valence-electron chi connectivity index (χ1n) is 6.62. The molecule has 0 radical (unpaired) electrons. The first-order chi connectivity index (χ1) is 9.58. The third-order valence-corrected chi connectivity index (χ3v) is 3.96. The van der Waals surface area contributed by atoms with Crippen molar-refractivity contribution in [2.24, 2.45) is 16.6 Å². The molecular weight excluding hydrogens is 325 g/mol. The summed E-state index contributed by atoms with van der Waals surface area (Å²) in [4.78, 5) is 16.3. The van der Waals surface area contributed by atoms with Gasteiger partial charge in [0.25, 0.3) is 0 Å². The monoisotopic (exact) mass is 341 g/mol. The van der Waals surface area contributed by atoms with E-state index in [0.717, 1.165) is 32.4 Å². The Labute approximate surface area is 125 Å². The van der Waals surface area contributed by atoms with Crippen LogP contribution in [0.4, 0.5) is 10.1 Å². The number of carbonyl (C=O) groups excluding carboxylic acids is 1. The van der Waals surface area contributed by atoms with Gasteiger partial charge in [-0.25, -0.2) is 9.38 Å². The van der Waals surface area contributed by atoms with Crippen molar-refractivity contribution in [3.05, 3.63) is 28.5 Å². The van der Waals surface area contributed by atoms with Gasteiger partial charge in [-0.2, -0.15) is 0 Å². The summed E-state index contributed by atoms with van der Waals surface area (Å²) < 4.78 is 13.4. The van der Waals surface area contributed by atoms with E-state index in [4.69, 9.17) is 5.73 Å². The number of hydrogen-bond donors (Lipinski definition) is 2. The fourth-order valence-electron chi connectivity index (χ4n) is 2.24. The molecule has 0 spiro atoms. The second-order valence-corrected chi connectivity index (χ2v) is 5.69. The van der Waals surface area contributed by atoms with Crippen LogP contribution < -0.4 is 11.1 Å². The van der Waals surface area contributed by atoms with Crippen LogP contribution in [-0.2, 0) is 4.79 Å². The summed E-state index contributed by atoms with van der Waals surface area (Å²) in [5.74, 6) is -0.564. The number of Topliss-reactive ketones (excluding diaryl/α,β-unsaturated/α-hetero) is 1. The van der Waals surface area contributed by atoms with Crippen LogP contribution in [0.5, 0.6) is 0 Å². The molecule has 1 aliphatic heterocycles. The van der Waals surface area contributed by atoms with Gasteiger partial charge in [0.2, 0.25) is 5.78 Å². The Morgan fingerprint density at radius 1 is 1.40 bits per heavy atom. The fraction of sp³-hybridized carbons (Fsp3) is 0.429. The van der Waals surface area contributed by atoms with Gasteiger partial charge in [-0.05, 0) is 66.5 Å². The smallest absolute Gasteiger partial charge is 0.200 e. The molecule has 0 bridgehead atoms. The van der Waals surface area contributed by atoms with E-state index in [1.54, 1.807) is 0 Å². The lowest BCUT2D eigenvalue weighted by Crippen LogP contribution is -2.31. The quantitative estimate of drug-likeness (QED) is 0.655. The molecule has 1 heterocycles. The first kappa shape index (κ1) is 15.1. The maximum absolute atomic E-state index is 13.1. The molecule has 1 fully saturated rings. The molecule has 1 atom stereocenters. The summed E-state index contributed by atoms with van der Waals surface area (Å²) >= 11 is 3.08. The highest BCUT2D eigenvalue weighted by Gasteiger charge is 2.22. The predicted octanol–water partition coefficient (Wildman–Crippen LogP) is 2.54. The van der Waals surface area contributed by atoms with Crippen LogP contribution in [0.1, 0.15) is 19.3 Å². The summed E-state index contributed by atoms with van der Waals surface area (Å²) in [6.07, 6.45) is 2.57. The average Bonchev–Trinajstić information content (AvgIpc) is 2.71. The normalized spacial score (nSPS) is 20.5. The molecule has 4 nitrogen and oxygen atoms in total. The van der Waals surface area contributed by atoms with Crippen LogP contribution >= 0.6 is 15.9 Å². The van der Waals surface area contributed by atoms with Gasteiger partial charge in [-0.1, -0.05) is 0 Å². The van der Waals surface area contributed by atoms with Crippen LogP contribution in [0.3, 0.4) is 0 Å². The minimum Gasteiger partial charge on any atom is -0.381 e. The molecule has 6 heteroatoms. The van der Waals surface area contributed by atoms with E-state index < -0.39 is 0 Å². The number of nitrogens with zero attached hydrogens (tertiary/aromatic N) is 1. The number of amidine groups is 1. The van der Waals surface area contributed by atoms with Gasteiger partial charge in [0, 0.05) is 5.92 Å². The molecule has 1 saturated heterocycles. The standard InChI is InChI=1S/C14H17BrFN3O/c15-11-8-10(3-4-12(11)16)19-14(17)13(20)9-2-1-6-18-7-5-9/h3-4,8-9,18H,1-2,5-7H2,(H2,17,19). The molecule has 0 amide bonds. The summed E-state index contributed by atoms with van der Waals surface area (Å²) in [5, 5.41) is 3.25. The predicted molar refractivity (Wildman–Crippen MR) is 80.6 cm³/mol. The molecule has 1 aliphatic rings. The van der Waals surface area contributed by atoms with Crippen molar-refractivity contribution in [3.63, 3.8) is 0 Å². The molecule has 20 heavy (non-hydrogen) atoms. The van der Waals surface area contributed by atoms with Gasteiger partial charge >= 0.3 is 0 Å². The van der Waals surface area contributed by atoms with Gasteiger partial charge in [-0.3, -0.25) is 4.79 Å². The number of ketones is 1. The van der Waals surface area contributed by atoms with Gasteiger partial charge in [-0.15, -0.1) is 0 Å². The number of nitrogens with two attached hydrogens (primary N) is 1. The third kappa shape index (κ3) is 3.86. The maximum Gasteiger partial charge on any atom is 0.200 e. The summed E-state index contributed by atoms with van der Waals surface area (Å²) in [5.41, 5.74) is 6.26. The van der Waals surface area contributed by atoms with Crippen molar-refractivity contribution in [1.29, 1.82) is 0 Å². The third-order valence-electron chi connectivity index (χ3n) is 3.35. The van der Waals surface area contributed by atoms with E-state index in [9.17, 15) is 9.18 Å². The molecule has 1 aromatic carbocycles. The van der Waals surface area contributed by atoms with Crippen LogP contribution in [0.15, 0.2) is 27.7 Å². The number of rotatable bonds is 3. The molecular formula is C14H17BrFN3O. The van der Waals surface area contributed by atoms with Gasteiger partial charge < -0.3 is 11.1 Å². The summed E-state index contributed by atoms with van der Waals surface area (Å²) in [6, 6.07) is 4.29. The second-order valence-electron chi connectivity index (χ2n) is 4.84. The van der Waals surface area contributed by atoms with E-state index in [0.29, 0.717) is 10.2 Å². The topological polar surface area (TPSA) is 67.5 Å². The molecule has 0 aromatic heterocycles. The van der Waals surface area contributed by atoms with Gasteiger partial charge in [0.15, 0.2) is 5.84 Å². The maximum atomic E-state index is 13.1. The number of nitrogens with one attached hydrogen (secondary N) is 1. The first-order valence-corrected chi connectivity index (χ1v) is 7.41. The minimum absolute atomic E-state index is 0.00425. The molecule has 1 aromatic rings. The molecule has 1 unspecified atom stereocenters. The highest BCUT2D eigenvalue weighted by atomic mass is 79.9. The highest BCUT2D eigenvalue weighted by Crippen LogP contribution is 2.22. The molecule has 0 saturated carbocycles. The van der Waals surface area contributed by atoms with Crippen LogP contribution in [0.2, 0.25) is 0 Å². The molecule has 2 rings (SSSR count). The lowest BCUT2D eigenvalue weighted by molar-refractivity contribution is -0.116. The lowest BCUT2D eigenvalue weighted by atomic mass is 9.95. The van der Waals surface area contributed by atoms with Gasteiger partial charge in [0.1, 0.15) is 5.82 Å². The molecule has 108 valence electrons. The summed E-state index contributed by atoms with van der Waals surface area (Å²) in [7, 11) is 0. The molecule has 3 N–H and O–H groups in total. The number of aliphatic imine (C=N–C) groups is 1. The zero-order chi connectivity index (χ0) is 14.5. The largest absolute Gasteiger partial charge is 0.381 e. The Hall–Kier alpha value is -1.27. The SMILES string of the molecule is NC(=Nc1ccc(F)c(Br)c1)C(=O)C1CCCNCC1. The van der Waals surface area contributed by atoms with Crippen molar-refractivity contribution in [3.8, 4) is 0 Å². The van der Waals surface area contributed by atoms with Crippen LogP contribution in [0, 0.1) is 11.7 Å². The number of hydrogen-bond acceptors (Lipinski definition) is 3. The highest BCUT2D eigenvalue weighted by molar-refractivity contribution is 9.10. The van der Waals surface area contributed by atoms with E-state index in [1.807, 2.05) is 0 Å². The van der Waals surface area contributed by atoms with Crippen molar-refractivity contribution in [2.75, 3.05) is 13.1 Å². The van der Waals surface area contributed by atoms with Crippen molar-refractivity contribution in [1.82, 2.24) is 5.32 Å². The van der Waals surface area contributed by atoms with Gasteiger partial charge in [0.05, 0.1) is 10.2 Å². The Bertz CT molecular complexity index is 525. The number of halogens is 2. The lowest BCUT2D eigenvalue weighted by Gasteiger charge is -2.11. The van der Waals surface area contributed by atoms with Crippen molar-refractivity contribution in [2.45, 2.75) is 19.3 Å². The number of benzene rings is 1.